The average Bonchev–Trinajstić information content (AvgIpc) is 2.53. The van der Waals surface area contributed by atoms with Crippen molar-refractivity contribution in [2.75, 3.05) is 6.61 Å². The molecule has 0 aliphatic heterocycles. The summed E-state index contributed by atoms with van der Waals surface area (Å²) in [6.45, 7) is 0.665. The molecule has 1 unspecified atom stereocenters. The van der Waals surface area contributed by atoms with Crippen LogP contribution < -0.4 is 10.2 Å². The van der Waals surface area contributed by atoms with E-state index in [1.165, 1.54) is 17.5 Å². The van der Waals surface area contributed by atoms with Gasteiger partial charge in [-0.3, -0.25) is 0 Å². The van der Waals surface area contributed by atoms with Crippen molar-refractivity contribution in [3.63, 3.8) is 0 Å². The first-order valence-corrected chi connectivity index (χ1v) is 7.41. The first-order valence-electron chi connectivity index (χ1n) is 7.41. The molecule has 108 valence electrons. The summed E-state index contributed by atoms with van der Waals surface area (Å²) in [4.78, 5) is 0. The van der Waals surface area contributed by atoms with E-state index in [4.69, 9.17) is 14.8 Å². The van der Waals surface area contributed by atoms with Crippen molar-refractivity contribution >= 4 is 12.6 Å². The summed E-state index contributed by atoms with van der Waals surface area (Å²) in [5, 5.41) is 18.1. The average molecular weight is 282 g/mol. The molecule has 0 saturated heterocycles. The van der Waals surface area contributed by atoms with Gasteiger partial charge in [-0.25, -0.2) is 0 Å². The van der Waals surface area contributed by atoms with Crippen LogP contribution in [0.2, 0.25) is 0 Å². The Balaban J connectivity index is 1.66. The smallest absolute Gasteiger partial charge is 0.488 e. The third kappa shape index (κ3) is 3.28. The van der Waals surface area contributed by atoms with Gasteiger partial charge in [-0.15, -0.1) is 0 Å². The number of hydrogen-bond acceptors (Lipinski definition) is 3. The van der Waals surface area contributed by atoms with Gasteiger partial charge in [0, 0.05) is 5.92 Å². The molecule has 4 heteroatoms. The van der Waals surface area contributed by atoms with Crippen LogP contribution in [-0.2, 0) is 6.42 Å². The fraction of sp³-hybridized carbons (Fsp3) is 0.294. The summed E-state index contributed by atoms with van der Waals surface area (Å²) in [6.07, 6.45) is 3.53. The van der Waals surface area contributed by atoms with Crippen LogP contribution in [0.5, 0.6) is 5.75 Å². The Bertz CT molecular complexity index is 595. The summed E-state index contributed by atoms with van der Waals surface area (Å²) in [5.41, 5.74) is 3.33. The molecular formula is C17H19BO3. The van der Waals surface area contributed by atoms with Crippen LogP contribution in [0, 0.1) is 0 Å². The second-order valence-corrected chi connectivity index (χ2v) is 5.54. The molecule has 0 heterocycles. The molecule has 0 spiro atoms. The Labute approximate surface area is 125 Å². The third-order valence-corrected chi connectivity index (χ3v) is 4.12. The molecule has 21 heavy (non-hydrogen) atoms. The third-order valence-electron chi connectivity index (χ3n) is 4.12. The van der Waals surface area contributed by atoms with Crippen LogP contribution >= 0.6 is 0 Å². The molecule has 2 N–H and O–H groups in total. The first-order chi connectivity index (χ1) is 10.2. The number of rotatable bonds is 4. The van der Waals surface area contributed by atoms with Gasteiger partial charge in [-0.1, -0.05) is 36.4 Å². The summed E-state index contributed by atoms with van der Waals surface area (Å²) >= 11 is 0. The first kappa shape index (κ1) is 14.2. The predicted octanol–water partition coefficient (Wildman–Crippen LogP) is 1.87. The number of hydrogen-bond donors (Lipinski definition) is 2. The highest BCUT2D eigenvalue weighted by molar-refractivity contribution is 6.58. The van der Waals surface area contributed by atoms with Crippen LogP contribution in [0.3, 0.4) is 0 Å². The maximum Gasteiger partial charge on any atom is 0.488 e. The van der Waals surface area contributed by atoms with Crippen molar-refractivity contribution in [1.82, 2.24) is 0 Å². The normalized spacial score (nSPS) is 17.1. The molecule has 1 aliphatic carbocycles. The van der Waals surface area contributed by atoms with Crippen molar-refractivity contribution in [3.05, 3.63) is 59.7 Å². The second-order valence-electron chi connectivity index (χ2n) is 5.54. The lowest BCUT2D eigenvalue weighted by Gasteiger charge is -2.25. The van der Waals surface area contributed by atoms with Gasteiger partial charge in [0.15, 0.2) is 0 Å². The van der Waals surface area contributed by atoms with Gasteiger partial charge in [-0.2, -0.15) is 0 Å². The Morgan fingerprint density at radius 3 is 2.57 bits per heavy atom. The Morgan fingerprint density at radius 2 is 1.81 bits per heavy atom. The van der Waals surface area contributed by atoms with Crippen LogP contribution in [-0.4, -0.2) is 23.8 Å². The molecule has 0 saturated carbocycles. The van der Waals surface area contributed by atoms with E-state index in [9.17, 15) is 0 Å². The summed E-state index contributed by atoms with van der Waals surface area (Å²) in [5.74, 6) is 1.21. The fourth-order valence-electron chi connectivity index (χ4n) is 2.96. The van der Waals surface area contributed by atoms with E-state index in [1.807, 2.05) is 0 Å². The lowest BCUT2D eigenvalue weighted by molar-refractivity contribution is 0.274. The molecule has 0 amide bonds. The molecule has 3 rings (SSSR count). The zero-order valence-electron chi connectivity index (χ0n) is 11.9. The highest BCUT2D eigenvalue weighted by Gasteiger charge is 2.20. The zero-order chi connectivity index (χ0) is 14.7. The molecule has 2 aromatic rings. The molecule has 1 atom stereocenters. The number of ether oxygens (including phenoxy) is 1. The van der Waals surface area contributed by atoms with E-state index in [-0.39, 0.29) is 0 Å². The van der Waals surface area contributed by atoms with Crippen LogP contribution in [0.4, 0.5) is 0 Å². The van der Waals surface area contributed by atoms with Gasteiger partial charge in [0.25, 0.3) is 0 Å². The second kappa shape index (κ2) is 6.33. The monoisotopic (exact) mass is 282 g/mol. The van der Waals surface area contributed by atoms with Crippen LogP contribution in [0.15, 0.2) is 48.5 Å². The largest absolute Gasteiger partial charge is 0.493 e. The minimum absolute atomic E-state index is 0.443. The Hall–Kier alpha value is -1.78. The van der Waals surface area contributed by atoms with Crippen molar-refractivity contribution < 1.29 is 14.8 Å². The number of benzene rings is 2. The van der Waals surface area contributed by atoms with E-state index in [0.29, 0.717) is 18.0 Å². The SMILES string of the molecule is OB(O)c1ccc(OCC2CCCc3ccccc32)cc1. The molecule has 2 aromatic carbocycles. The minimum atomic E-state index is -1.43. The predicted molar refractivity (Wildman–Crippen MR) is 83.9 cm³/mol. The van der Waals surface area contributed by atoms with Crippen molar-refractivity contribution in [2.45, 2.75) is 25.2 Å². The van der Waals surface area contributed by atoms with Crippen molar-refractivity contribution in [1.29, 1.82) is 0 Å². The lowest BCUT2D eigenvalue weighted by Crippen LogP contribution is -2.29. The molecular weight excluding hydrogens is 263 g/mol. The van der Waals surface area contributed by atoms with Gasteiger partial charge < -0.3 is 14.8 Å². The number of aryl methyl sites for hydroxylation is 1. The summed E-state index contributed by atoms with van der Waals surface area (Å²) in [7, 11) is -1.43. The Morgan fingerprint density at radius 1 is 1.05 bits per heavy atom. The van der Waals surface area contributed by atoms with Crippen LogP contribution in [0.25, 0.3) is 0 Å². The molecule has 0 fully saturated rings. The van der Waals surface area contributed by atoms with Gasteiger partial charge >= 0.3 is 7.12 Å². The van der Waals surface area contributed by atoms with Gasteiger partial charge in [0.2, 0.25) is 0 Å². The fourth-order valence-corrected chi connectivity index (χ4v) is 2.96. The Kier molecular flexibility index (Phi) is 4.27. The van der Waals surface area contributed by atoms with Gasteiger partial charge in [0.05, 0.1) is 6.61 Å². The summed E-state index contributed by atoms with van der Waals surface area (Å²) in [6, 6.07) is 15.5. The highest BCUT2D eigenvalue weighted by atomic mass is 16.5. The van der Waals surface area contributed by atoms with Gasteiger partial charge in [0.1, 0.15) is 5.75 Å². The molecule has 0 radical (unpaired) electrons. The van der Waals surface area contributed by atoms with Crippen molar-refractivity contribution in [3.8, 4) is 5.75 Å². The molecule has 1 aliphatic rings. The van der Waals surface area contributed by atoms with E-state index < -0.39 is 7.12 Å². The van der Waals surface area contributed by atoms with Gasteiger partial charge in [-0.05, 0) is 48.0 Å². The molecule has 0 bridgehead atoms. The maximum atomic E-state index is 9.07. The molecule has 0 aromatic heterocycles. The zero-order valence-corrected chi connectivity index (χ0v) is 11.9. The summed E-state index contributed by atoms with van der Waals surface area (Å²) < 4.78 is 5.87. The molecule has 3 nitrogen and oxygen atoms in total. The van der Waals surface area contributed by atoms with E-state index >= 15 is 0 Å². The lowest BCUT2D eigenvalue weighted by atomic mass is 9.80. The standard InChI is InChI=1S/C17H19BO3/c19-18(20)15-8-10-16(11-9-15)21-12-14-6-3-5-13-4-1-2-7-17(13)14/h1-2,4,7-11,14,19-20H,3,5-6,12H2. The van der Waals surface area contributed by atoms with E-state index in [0.717, 1.165) is 18.6 Å². The van der Waals surface area contributed by atoms with E-state index in [2.05, 4.69) is 24.3 Å². The maximum absolute atomic E-state index is 9.07. The quantitative estimate of drug-likeness (QED) is 0.842. The van der Waals surface area contributed by atoms with Crippen LogP contribution in [0.1, 0.15) is 29.9 Å². The minimum Gasteiger partial charge on any atom is -0.493 e. The highest BCUT2D eigenvalue weighted by Crippen LogP contribution is 2.31. The number of fused-ring (bicyclic) bond motifs is 1. The van der Waals surface area contributed by atoms with Crippen molar-refractivity contribution in [2.24, 2.45) is 0 Å². The van der Waals surface area contributed by atoms with E-state index in [1.54, 1.807) is 24.3 Å². The topological polar surface area (TPSA) is 49.7 Å².